The smallest absolute Gasteiger partial charge is 0.264 e. The number of nitrogens with one attached hydrogen (secondary N) is 1. The lowest BCUT2D eigenvalue weighted by atomic mass is 10.0. The molecule has 0 aliphatic carbocycles. The van der Waals surface area contributed by atoms with Gasteiger partial charge in [-0.15, -0.1) is 0 Å². The summed E-state index contributed by atoms with van der Waals surface area (Å²) in [5, 5.41) is 3.07. The largest absolute Gasteiger partial charge is 0.345 e. The molecule has 0 saturated heterocycles. The van der Waals surface area contributed by atoms with Crippen molar-refractivity contribution in [3.8, 4) is 0 Å². The van der Waals surface area contributed by atoms with Gasteiger partial charge in [-0.2, -0.15) is 0 Å². The van der Waals surface area contributed by atoms with Crippen molar-refractivity contribution >= 4 is 21.6 Å². The Morgan fingerprint density at radius 3 is 2.23 bits per heavy atom. The predicted molar refractivity (Wildman–Crippen MR) is 125 cm³/mol. The van der Waals surface area contributed by atoms with Crippen molar-refractivity contribution in [2.75, 3.05) is 11.4 Å². The molecule has 0 spiro atoms. The van der Waals surface area contributed by atoms with Gasteiger partial charge in [0, 0.05) is 12.6 Å². The van der Waals surface area contributed by atoms with Gasteiger partial charge in [0.15, 0.2) is 0 Å². The van der Waals surface area contributed by atoms with Gasteiger partial charge in [-0.3, -0.25) is 9.10 Å². The molecular formula is C25H28N2O3S. The maximum atomic E-state index is 13.0. The van der Waals surface area contributed by atoms with Crippen LogP contribution in [0.25, 0.3) is 0 Å². The molecule has 0 heterocycles. The second-order valence-corrected chi connectivity index (χ2v) is 9.60. The molecule has 1 N–H and O–H groups in total. The lowest BCUT2D eigenvalue weighted by Gasteiger charge is -2.23. The quantitative estimate of drug-likeness (QED) is 0.566. The van der Waals surface area contributed by atoms with E-state index < -0.39 is 10.0 Å². The first-order valence-electron chi connectivity index (χ1n) is 10.3. The highest BCUT2D eigenvalue weighted by atomic mass is 32.2. The summed E-state index contributed by atoms with van der Waals surface area (Å²) in [6, 6.07) is 21.4. The van der Waals surface area contributed by atoms with Crippen molar-refractivity contribution in [2.24, 2.45) is 0 Å². The number of nitrogens with zero attached hydrogens (tertiary/aromatic N) is 1. The van der Waals surface area contributed by atoms with Crippen LogP contribution in [0.4, 0.5) is 5.69 Å². The Morgan fingerprint density at radius 1 is 0.968 bits per heavy atom. The number of hydrogen-bond donors (Lipinski definition) is 1. The molecule has 0 saturated carbocycles. The first-order chi connectivity index (χ1) is 14.7. The fourth-order valence-electron chi connectivity index (χ4n) is 3.43. The Bertz CT molecular complexity index is 1160. The molecule has 0 aliphatic rings. The molecule has 1 amide bonds. The van der Waals surface area contributed by atoms with E-state index in [4.69, 9.17) is 0 Å². The number of amides is 1. The zero-order valence-electron chi connectivity index (χ0n) is 18.3. The van der Waals surface area contributed by atoms with Crippen LogP contribution in [0.3, 0.4) is 0 Å². The highest BCUT2D eigenvalue weighted by molar-refractivity contribution is 7.92. The average Bonchev–Trinajstić information content (AvgIpc) is 2.78. The highest BCUT2D eigenvalue weighted by Crippen LogP contribution is 2.27. The van der Waals surface area contributed by atoms with Crippen LogP contribution in [-0.2, 0) is 10.0 Å². The Hall–Kier alpha value is -3.12. The lowest BCUT2D eigenvalue weighted by Crippen LogP contribution is -2.30. The summed E-state index contributed by atoms with van der Waals surface area (Å²) >= 11 is 0. The second kappa shape index (κ2) is 9.35. The van der Waals surface area contributed by atoms with Crippen molar-refractivity contribution in [3.05, 3.63) is 95.1 Å². The molecule has 1 atom stereocenters. The van der Waals surface area contributed by atoms with Crippen LogP contribution >= 0.6 is 0 Å². The number of hydrogen-bond acceptors (Lipinski definition) is 3. The van der Waals surface area contributed by atoms with E-state index in [1.807, 2.05) is 45.0 Å². The summed E-state index contributed by atoms with van der Waals surface area (Å²) in [5.41, 5.74) is 3.86. The molecule has 3 rings (SSSR count). The van der Waals surface area contributed by atoms with Crippen LogP contribution in [0.5, 0.6) is 0 Å². The van der Waals surface area contributed by atoms with Gasteiger partial charge in [0.05, 0.1) is 16.6 Å². The lowest BCUT2D eigenvalue weighted by molar-refractivity contribution is 0.0935. The van der Waals surface area contributed by atoms with Gasteiger partial charge in [0.25, 0.3) is 15.9 Å². The Kier molecular flexibility index (Phi) is 6.81. The summed E-state index contributed by atoms with van der Waals surface area (Å²) in [4.78, 5) is 13.2. The van der Waals surface area contributed by atoms with Gasteiger partial charge in [-0.05, 0) is 55.7 Å². The number of rotatable bonds is 7. The molecule has 0 aliphatic heterocycles. The average molecular weight is 437 g/mol. The summed E-state index contributed by atoms with van der Waals surface area (Å²) < 4.78 is 27.3. The van der Waals surface area contributed by atoms with Gasteiger partial charge in [0.1, 0.15) is 0 Å². The molecule has 0 radical (unpaired) electrons. The number of carbonyl (C=O) groups excluding carboxylic acids is 1. The third kappa shape index (κ3) is 4.97. The van der Waals surface area contributed by atoms with E-state index in [9.17, 15) is 13.2 Å². The molecule has 162 valence electrons. The summed E-state index contributed by atoms with van der Waals surface area (Å²) in [5.74, 6) is -0.237. The number of carbonyl (C=O) groups is 1. The minimum atomic E-state index is -3.73. The van der Waals surface area contributed by atoms with Crippen molar-refractivity contribution in [1.29, 1.82) is 0 Å². The third-order valence-corrected chi connectivity index (χ3v) is 7.19. The number of sulfonamides is 1. The normalized spacial score (nSPS) is 12.3. The predicted octanol–water partition coefficient (Wildman–Crippen LogP) is 5.01. The van der Waals surface area contributed by atoms with Crippen LogP contribution in [0.15, 0.2) is 77.7 Å². The van der Waals surface area contributed by atoms with E-state index >= 15 is 0 Å². The van der Waals surface area contributed by atoms with Gasteiger partial charge >= 0.3 is 0 Å². The number of benzene rings is 3. The fourth-order valence-corrected chi connectivity index (χ4v) is 4.70. The first kappa shape index (κ1) is 22.6. The second-order valence-electron chi connectivity index (χ2n) is 7.63. The molecule has 5 nitrogen and oxygen atoms in total. The standard InChI is InChI=1S/C25H28N2O3S/c1-5-23(20-14-11-18(2)12-15-20)26-25(28)21-16-13-19(3)24(17-21)27(4)31(29,30)22-9-7-6-8-10-22/h6-17,23H,5H2,1-4H3,(H,26,28)/t23-/m1/s1. The van der Waals surface area contributed by atoms with Crippen LogP contribution in [0.1, 0.15) is 46.4 Å². The van der Waals surface area contributed by atoms with E-state index in [0.29, 0.717) is 11.3 Å². The van der Waals surface area contributed by atoms with Crippen molar-refractivity contribution in [1.82, 2.24) is 5.32 Å². The molecule has 31 heavy (non-hydrogen) atoms. The Labute approximate surface area is 184 Å². The summed E-state index contributed by atoms with van der Waals surface area (Å²) in [7, 11) is -2.22. The minimum absolute atomic E-state index is 0.122. The SMILES string of the molecule is CC[C@@H](NC(=O)c1ccc(C)c(N(C)S(=O)(=O)c2ccccc2)c1)c1ccc(C)cc1. The minimum Gasteiger partial charge on any atom is -0.345 e. The van der Waals surface area contributed by atoms with E-state index in [1.54, 1.807) is 48.5 Å². The maximum absolute atomic E-state index is 13.0. The van der Waals surface area contributed by atoms with Crippen molar-refractivity contribution in [2.45, 2.75) is 38.1 Å². The van der Waals surface area contributed by atoms with Gasteiger partial charge in [0.2, 0.25) is 0 Å². The van der Waals surface area contributed by atoms with E-state index in [2.05, 4.69) is 5.32 Å². The number of anilines is 1. The van der Waals surface area contributed by atoms with Crippen molar-refractivity contribution in [3.63, 3.8) is 0 Å². The molecule has 0 fully saturated rings. The van der Waals surface area contributed by atoms with Gasteiger partial charge in [-0.25, -0.2) is 8.42 Å². The first-order valence-corrected chi connectivity index (χ1v) is 11.7. The molecular weight excluding hydrogens is 408 g/mol. The molecule has 6 heteroatoms. The zero-order chi connectivity index (χ0) is 22.6. The molecule has 3 aromatic carbocycles. The van der Waals surface area contributed by atoms with Crippen molar-refractivity contribution < 1.29 is 13.2 Å². The molecule has 3 aromatic rings. The van der Waals surface area contributed by atoms with Gasteiger partial charge < -0.3 is 5.32 Å². The maximum Gasteiger partial charge on any atom is 0.264 e. The molecule has 0 aromatic heterocycles. The van der Waals surface area contributed by atoms with E-state index in [-0.39, 0.29) is 16.8 Å². The Morgan fingerprint density at radius 2 is 1.61 bits per heavy atom. The van der Waals surface area contributed by atoms with Crippen LogP contribution < -0.4 is 9.62 Å². The van der Waals surface area contributed by atoms with E-state index in [1.165, 1.54) is 11.4 Å². The van der Waals surface area contributed by atoms with E-state index in [0.717, 1.165) is 23.1 Å². The zero-order valence-corrected chi connectivity index (χ0v) is 19.1. The molecule has 0 bridgehead atoms. The highest BCUT2D eigenvalue weighted by Gasteiger charge is 2.23. The summed E-state index contributed by atoms with van der Waals surface area (Å²) in [6.45, 7) is 5.87. The summed E-state index contributed by atoms with van der Waals surface area (Å²) in [6.07, 6.45) is 0.746. The van der Waals surface area contributed by atoms with Crippen LogP contribution in [0, 0.1) is 13.8 Å². The number of aryl methyl sites for hydroxylation is 2. The molecule has 0 unspecified atom stereocenters. The van der Waals surface area contributed by atoms with Gasteiger partial charge in [-0.1, -0.05) is 61.0 Å². The van der Waals surface area contributed by atoms with Crippen LogP contribution in [0.2, 0.25) is 0 Å². The topological polar surface area (TPSA) is 66.5 Å². The third-order valence-electron chi connectivity index (χ3n) is 5.41. The fraction of sp³-hybridized carbons (Fsp3) is 0.240. The Balaban J connectivity index is 1.87. The monoisotopic (exact) mass is 436 g/mol. The van der Waals surface area contributed by atoms with Crippen LogP contribution in [-0.4, -0.2) is 21.4 Å².